The minimum Gasteiger partial charge on any atom is -0.334 e. The Morgan fingerprint density at radius 2 is 1.97 bits per heavy atom. The molecule has 11 heteroatoms. The average molecular weight is 443 g/mol. The number of thioether (sulfide) groups is 1. The number of non-ortho nitro benzene ring substituents is 1. The fourth-order valence-corrected chi connectivity index (χ4v) is 3.87. The van der Waals surface area contributed by atoms with Crippen LogP contribution in [0.4, 0.5) is 5.69 Å². The molecule has 0 aliphatic heterocycles. The van der Waals surface area contributed by atoms with Gasteiger partial charge in [-0.25, -0.2) is 0 Å². The number of rotatable bonds is 7. The molecular formula is C19H15ClN6O3S. The smallest absolute Gasteiger partial charge is 0.270 e. The highest BCUT2D eigenvalue weighted by molar-refractivity contribution is 7.98. The zero-order chi connectivity index (χ0) is 21.1. The first-order valence-corrected chi connectivity index (χ1v) is 10.3. The van der Waals surface area contributed by atoms with E-state index in [9.17, 15) is 10.1 Å². The molecule has 0 saturated heterocycles. The van der Waals surface area contributed by atoms with Gasteiger partial charge in [-0.2, -0.15) is 4.98 Å². The Balaban J connectivity index is 1.52. The second-order valence-corrected chi connectivity index (χ2v) is 7.55. The maximum absolute atomic E-state index is 11.1. The van der Waals surface area contributed by atoms with E-state index >= 15 is 0 Å². The molecule has 0 fully saturated rings. The molecule has 0 unspecified atom stereocenters. The summed E-state index contributed by atoms with van der Waals surface area (Å²) in [5.41, 5.74) is 1.39. The van der Waals surface area contributed by atoms with Crippen molar-refractivity contribution in [1.29, 1.82) is 0 Å². The van der Waals surface area contributed by atoms with E-state index in [2.05, 4.69) is 20.3 Å². The van der Waals surface area contributed by atoms with Gasteiger partial charge in [-0.1, -0.05) is 46.7 Å². The molecule has 4 rings (SSSR count). The van der Waals surface area contributed by atoms with Gasteiger partial charge in [-0.05, 0) is 25.1 Å². The number of hydrogen-bond donors (Lipinski definition) is 0. The molecular weight excluding hydrogens is 428 g/mol. The van der Waals surface area contributed by atoms with Gasteiger partial charge >= 0.3 is 0 Å². The Morgan fingerprint density at radius 1 is 1.17 bits per heavy atom. The van der Waals surface area contributed by atoms with Crippen molar-refractivity contribution in [2.24, 2.45) is 0 Å². The van der Waals surface area contributed by atoms with Crippen molar-refractivity contribution in [2.45, 2.75) is 24.4 Å². The third kappa shape index (κ3) is 4.19. The lowest BCUT2D eigenvalue weighted by atomic mass is 10.2. The van der Waals surface area contributed by atoms with Gasteiger partial charge in [-0.3, -0.25) is 10.1 Å². The molecule has 0 spiro atoms. The second-order valence-electron chi connectivity index (χ2n) is 6.17. The molecule has 0 radical (unpaired) electrons. The first-order chi connectivity index (χ1) is 14.5. The van der Waals surface area contributed by atoms with Crippen LogP contribution in [0.25, 0.3) is 22.8 Å². The van der Waals surface area contributed by atoms with E-state index in [-0.39, 0.29) is 5.69 Å². The van der Waals surface area contributed by atoms with Gasteiger partial charge in [-0.15, -0.1) is 10.2 Å². The predicted molar refractivity (Wildman–Crippen MR) is 112 cm³/mol. The maximum Gasteiger partial charge on any atom is 0.270 e. The van der Waals surface area contributed by atoms with Crippen LogP contribution in [0.1, 0.15) is 12.7 Å². The molecule has 0 saturated carbocycles. The van der Waals surface area contributed by atoms with E-state index in [0.717, 1.165) is 5.56 Å². The van der Waals surface area contributed by atoms with E-state index in [0.29, 0.717) is 45.6 Å². The van der Waals surface area contributed by atoms with Crippen molar-refractivity contribution < 1.29 is 9.45 Å². The second kappa shape index (κ2) is 8.64. The molecule has 30 heavy (non-hydrogen) atoms. The summed E-state index contributed by atoms with van der Waals surface area (Å²) in [4.78, 5) is 15.0. The number of nitro groups is 1. The van der Waals surface area contributed by atoms with Crippen LogP contribution >= 0.6 is 23.4 Å². The Morgan fingerprint density at radius 3 is 2.73 bits per heavy atom. The standard InChI is InChI=1S/C19H15ClN6O3S/c1-2-25-17(12-5-4-8-15(10-12)26(27)28)22-23-19(25)30-11-16-21-18(29-24-16)13-6-3-7-14(20)9-13/h3-10H,2,11H2,1H3. The molecule has 0 amide bonds. The monoisotopic (exact) mass is 442 g/mol. The zero-order valence-electron chi connectivity index (χ0n) is 15.7. The largest absolute Gasteiger partial charge is 0.334 e. The molecule has 152 valence electrons. The summed E-state index contributed by atoms with van der Waals surface area (Å²) < 4.78 is 7.21. The number of nitrogens with zero attached hydrogens (tertiary/aromatic N) is 6. The van der Waals surface area contributed by atoms with Crippen LogP contribution in [0.5, 0.6) is 0 Å². The molecule has 0 aliphatic rings. The minimum atomic E-state index is -0.431. The topological polar surface area (TPSA) is 113 Å². The van der Waals surface area contributed by atoms with E-state index in [1.54, 1.807) is 24.3 Å². The predicted octanol–water partition coefficient (Wildman–Crippen LogP) is 4.87. The SMILES string of the molecule is CCn1c(SCc2noc(-c3cccc(Cl)c3)n2)nnc1-c1cccc([N+](=O)[O-])c1. The number of nitro benzene ring substituents is 1. The highest BCUT2D eigenvalue weighted by Crippen LogP contribution is 2.28. The Kier molecular flexibility index (Phi) is 5.77. The summed E-state index contributed by atoms with van der Waals surface area (Å²) in [6, 6.07) is 13.5. The first kappa shape index (κ1) is 20.0. The number of aromatic nitrogens is 5. The maximum atomic E-state index is 11.1. The van der Waals surface area contributed by atoms with E-state index in [4.69, 9.17) is 16.1 Å². The van der Waals surface area contributed by atoms with Gasteiger partial charge < -0.3 is 9.09 Å². The van der Waals surface area contributed by atoms with Gasteiger partial charge in [0.2, 0.25) is 0 Å². The molecule has 0 atom stereocenters. The van der Waals surface area contributed by atoms with Gasteiger partial charge in [0.1, 0.15) is 0 Å². The summed E-state index contributed by atoms with van der Waals surface area (Å²) in [5.74, 6) is 1.90. The van der Waals surface area contributed by atoms with Gasteiger partial charge in [0, 0.05) is 34.8 Å². The van der Waals surface area contributed by atoms with E-state index < -0.39 is 4.92 Å². The Bertz CT molecular complexity index is 1210. The number of halogens is 1. The van der Waals surface area contributed by atoms with Crippen LogP contribution in [-0.2, 0) is 12.3 Å². The lowest BCUT2D eigenvalue weighted by Gasteiger charge is -2.06. The van der Waals surface area contributed by atoms with Gasteiger partial charge in [0.15, 0.2) is 16.8 Å². The summed E-state index contributed by atoms with van der Waals surface area (Å²) in [5, 5.41) is 24.8. The zero-order valence-corrected chi connectivity index (χ0v) is 17.3. The highest BCUT2D eigenvalue weighted by Gasteiger charge is 2.17. The van der Waals surface area contributed by atoms with E-state index in [1.165, 1.54) is 23.9 Å². The van der Waals surface area contributed by atoms with Crippen molar-refractivity contribution >= 4 is 29.1 Å². The molecule has 9 nitrogen and oxygen atoms in total. The molecule has 0 N–H and O–H groups in total. The molecule has 2 aromatic heterocycles. The van der Waals surface area contributed by atoms with E-state index in [1.807, 2.05) is 23.6 Å². The summed E-state index contributed by atoms with van der Waals surface area (Å²) in [6.45, 7) is 2.56. The summed E-state index contributed by atoms with van der Waals surface area (Å²) in [6.07, 6.45) is 0. The first-order valence-electron chi connectivity index (χ1n) is 8.94. The number of hydrogen-bond acceptors (Lipinski definition) is 8. The van der Waals surface area contributed by atoms with Crippen LogP contribution < -0.4 is 0 Å². The highest BCUT2D eigenvalue weighted by atomic mass is 35.5. The summed E-state index contributed by atoms with van der Waals surface area (Å²) >= 11 is 7.41. The van der Waals surface area contributed by atoms with Gasteiger partial charge in [0.05, 0.1) is 10.7 Å². The molecule has 0 bridgehead atoms. The molecule has 0 aliphatic carbocycles. The average Bonchev–Trinajstić information content (AvgIpc) is 3.39. The van der Waals surface area contributed by atoms with Crippen LogP contribution in [0.15, 0.2) is 58.2 Å². The van der Waals surface area contributed by atoms with Crippen LogP contribution in [-0.4, -0.2) is 29.8 Å². The Labute approximate surface area is 180 Å². The van der Waals surface area contributed by atoms with Crippen LogP contribution in [0.3, 0.4) is 0 Å². The van der Waals surface area contributed by atoms with Crippen LogP contribution in [0.2, 0.25) is 5.02 Å². The lowest BCUT2D eigenvalue weighted by molar-refractivity contribution is -0.384. The van der Waals surface area contributed by atoms with Crippen molar-refractivity contribution in [3.8, 4) is 22.8 Å². The quantitative estimate of drug-likeness (QED) is 0.226. The lowest BCUT2D eigenvalue weighted by Crippen LogP contribution is -2.00. The van der Waals surface area contributed by atoms with Crippen molar-refractivity contribution in [3.63, 3.8) is 0 Å². The van der Waals surface area contributed by atoms with Crippen molar-refractivity contribution in [2.75, 3.05) is 0 Å². The molecule has 2 aromatic carbocycles. The minimum absolute atomic E-state index is 0.00713. The fraction of sp³-hybridized carbons (Fsp3) is 0.158. The fourth-order valence-electron chi connectivity index (χ4n) is 2.83. The third-order valence-corrected chi connectivity index (χ3v) is 5.42. The van der Waals surface area contributed by atoms with Crippen molar-refractivity contribution in [3.05, 3.63) is 69.5 Å². The van der Waals surface area contributed by atoms with Crippen LogP contribution in [0, 0.1) is 10.1 Å². The Hall–Kier alpha value is -3.24. The third-order valence-electron chi connectivity index (χ3n) is 4.22. The van der Waals surface area contributed by atoms with Crippen molar-refractivity contribution in [1.82, 2.24) is 24.9 Å². The van der Waals surface area contributed by atoms with Gasteiger partial charge in [0.25, 0.3) is 11.6 Å². The number of benzene rings is 2. The molecule has 2 heterocycles. The molecule has 4 aromatic rings. The summed E-state index contributed by atoms with van der Waals surface area (Å²) in [7, 11) is 0. The normalized spacial score (nSPS) is 11.0.